The highest BCUT2D eigenvalue weighted by atomic mass is 32.5. The van der Waals surface area contributed by atoms with E-state index in [1.54, 1.807) is 0 Å². The van der Waals surface area contributed by atoms with Gasteiger partial charge in [-0.2, -0.15) is 0 Å². The van der Waals surface area contributed by atoms with E-state index in [2.05, 4.69) is 6.92 Å². The molecule has 0 saturated heterocycles. The minimum Gasteiger partial charge on any atom is -0.481 e. The van der Waals surface area contributed by atoms with Gasteiger partial charge in [0, 0.05) is 19.6 Å². The number of quaternary nitrogens is 1. The third kappa shape index (κ3) is 30.7. The molecule has 2 unspecified atom stereocenters. The van der Waals surface area contributed by atoms with Crippen molar-refractivity contribution >= 4 is 24.5 Å². The van der Waals surface area contributed by atoms with Crippen LogP contribution in [0.15, 0.2) is 0 Å². The Balaban J connectivity index is 4.02. The fraction of sp³-hybridized carbons (Fsp3) is 0.966. The van der Waals surface area contributed by atoms with Gasteiger partial charge in [-0.25, -0.2) is 0 Å². The van der Waals surface area contributed by atoms with Gasteiger partial charge in [-0.3, -0.25) is 4.79 Å². The molecule has 234 valence electrons. The van der Waals surface area contributed by atoms with Gasteiger partial charge in [0.15, 0.2) is 0 Å². The lowest BCUT2D eigenvalue weighted by Crippen LogP contribution is -2.37. The van der Waals surface area contributed by atoms with Gasteiger partial charge in [0.25, 0.3) is 0 Å². The molecule has 10 heteroatoms. The zero-order valence-corrected chi connectivity index (χ0v) is 27.3. The van der Waals surface area contributed by atoms with Gasteiger partial charge in [-0.1, -0.05) is 90.4 Å². The first-order chi connectivity index (χ1) is 18.6. The molecule has 2 atom stereocenters. The monoisotopic (exact) mass is 598 g/mol. The van der Waals surface area contributed by atoms with Crippen LogP contribution in [0, 0.1) is 0 Å². The Kier molecular flexibility index (Phi) is 25.5. The maximum Gasteiger partial charge on any atom is 0.324 e. The zero-order valence-electron chi connectivity index (χ0n) is 25.6. The van der Waals surface area contributed by atoms with Crippen molar-refractivity contribution in [2.75, 3.05) is 60.7 Å². The minimum atomic E-state index is -3.36. The normalized spacial score (nSPS) is 14.4. The molecule has 0 aliphatic rings. The molecular weight excluding hydrogens is 537 g/mol. The Bertz CT molecular complexity index is 619. The highest BCUT2D eigenvalue weighted by Crippen LogP contribution is 2.43. The Morgan fingerprint density at radius 3 is 1.77 bits per heavy atom. The summed E-state index contributed by atoms with van der Waals surface area (Å²) in [5, 5.41) is 8.79. The molecule has 2 N–H and O–H groups in total. The topological polar surface area (TPSA) is 94.5 Å². The number of carbonyl (C=O) groups is 1. The predicted octanol–water partition coefficient (Wildman–Crippen LogP) is 7.08. The number of carboxylic acids is 1. The Hall–Kier alpha value is -0.120. The number of rotatable bonds is 30. The molecule has 0 fully saturated rings. The van der Waals surface area contributed by atoms with Crippen LogP contribution >= 0.6 is 6.72 Å². The van der Waals surface area contributed by atoms with E-state index in [0.717, 1.165) is 12.8 Å². The summed E-state index contributed by atoms with van der Waals surface area (Å²) in [5.74, 6) is -0.807. The van der Waals surface area contributed by atoms with E-state index in [1.165, 1.54) is 77.0 Å². The average Bonchev–Trinajstić information content (AvgIpc) is 2.85. The lowest BCUT2D eigenvalue weighted by molar-refractivity contribution is -0.870. The number of hydrogen-bond acceptors (Lipinski definition) is 6. The van der Waals surface area contributed by atoms with E-state index < -0.39 is 18.8 Å². The van der Waals surface area contributed by atoms with Crippen molar-refractivity contribution in [3.05, 3.63) is 0 Å². The van der Waals surface area contributed by atoms with Crippen LogP contribution in [0.1, 0.15) is 116 Å². The molecule has 0 aromatic heterocycles. The molecule has 0 spiro atoms. The third-order valence-electron chi connectivity index (χ3n) is 6.52. The Morgan fingerprint density at radius 1 is 0.744 bits per heavy atom. The van der Waals surface area contributed by atoms with E-state index in [0.29, 0.717) is 50.3 Å². The maximum atomic E-state index is 10.7. The van der Waals surface area contributed by atoms with Crippen LogP contribution in [-0.2, 0) is 35.1 Å². The minimum absolute atomic E-state index is 0.0792. The second kappa shape index (κ2) is 25.6. The van der Waals surface area contributed by atoms with E-state index >= 15 is 0 Å². The Morgan fingerprint density at radius 2 is 1.26 bits per heavy atom. The standard InChI is InChI=1S/C29H60NO7PS/c1-5-6-7-8-9-10-11-12-13-14-15-16-17-19-23-34-26-28(35-24-20-18-21-29(31)32)27-37-38(33,39)36-25-22-30(2,3)4/h28H,5-27H2,1-4H3,(H-,31,32,33,39)/p+1. The molecule has 0 aliphatic heterocycles. The van der Waals surface area contributed by atoms with Gasteiger partial charge in [0.1, 0.15) is 19.3 Å². The quantitative estimate of drug-likeness (QED) is 0.0515. The molecular formula is C29H61NO7PS+. The van der Waals surface area contributed by atoms with E-state index in [4.69, 9.17) is 35.4 Å². The summed E-state index contributed by atoms with van der Waals surface area (Å²) in [7, 11) is 6.11. The van der Waals surface area contributed by atoms with Crippen molar-refractivity contribution < 1.29 is 37.8 Å². The fourth-order valence-electron chi connectivity index (χ4n) is 4.03. The van der Waals surface area contributed by atoms with Gasteiger partial charge in [-0.05, 0) is 31.1 Å². The van der Waals surface area contributed by atoms with Gasteiger partial charge >= 0.3 is 12.7 Å². The van der Waals surface area contributed by atoms with Crippen LogP contribution in [-0.4, -0.2) is 87.3 Å². The van der Waals surface area contributed by atoms with Crippen LogP contribution in [0.3, 0.4) is 0 Å². The van der Waals surface area contributed by atoms with Gasteiger partial charge < -0.3 is 33.0 Å². The van der Waals surface area contributed by atoms with E-state index in [1.807, 2.05) is 21.1 Å². The smallest absolute Gasteiger partial charge is 0.324 e. The summed E-state index contributed by atoms with van der Waals surface area (Å²) >= 11 is 5.14. The summed E-state index contributed by atoms with van der Waals surface area (Å²) in [6.45, 7) is 1.40. The van der Waals surface area contributed by atoms with Gasteiger partial charge in [0.2, 0.25) is 0 Å². The number of likely N-dealkylation sites (N-methyl/N-ethyl adjacent to an activating group) is 1. The van der Waals surface area contributed by atoms with Gasteiger partial charge in [0.05, 0.1) is 34.4 Å². The van der Waals surface area contributed by atoms with Crippen LogP contribution < -0.4 is 0 Å². The molecule has 0 heterocycles. The van der Waals surface area contributed by atoms with Crippen molar-refractivity contribution in [3.63, 3.8) is 0 Å². The number of ether oxygens (including phenoxy) is 2. The van der Waals surface area contributed by atoms with Crippen molar-refractivity contribution in [1.29, 1.82) is 0 Å². The summed E-state index contributed by atoms with van der Waals surface area (Å²) in [5.41, 5.74) is 0. The SMILES string of the molecule is CCCCCCCCCCCCCCCCOCC(COP(O)(=S)OCC[N+](C)(C)C)OCCCCC(=O)O. The molecule has 0 aliphatic carbocycles. The average molecular weight is 599 g/mol. The first-order valence-corrected chi connectivity index (χ1v) is 18.0. The first-order valence-electron chi connectivity index (χ1n) is 15.4. The summed E-state index contributed by atoms with van der Waals surface area (Å²) in [6, 6.07) is 0. The van der Waals surface area contributed by atoms with Gasteiger partial charge in [-0.15, -0.1) is 0 Å². The number of unbranched alkanes of at least 4 members (excludes halogenated alkanes) is 14. The third-order valence-corrected chi connectivity index (χ3v) is 8.14. The second-order valence-electron chi connectivity index (χ2n) is 11.6. The number of aliphatic carboxylic acids is 1. The predicted molar refractivity (Wildman–Crippen MR) is 164 cm³/mol. The van der Waals surface area contributed by atoms with Crippen molar-refractivity contribution in [2.45, 2.75) is 122 Å². The van der Waals surface area contributed by atoms with E-state index in [9.17, 15) is 9.69 Å². The lowest BCUT2D eigenvalue weighted by Gasteiger charge is -2.25. The summed E-state index contributed by atoms with van der Waals surface area (Å²) in [4.78, 5) is 21.1. The van der Waals surface area contributed by atoms with Crippen LogP contribution in [0.25, 0.3) is 0 Å². The van der Waals surface area contributed by atoms with Crippen LogP contribution in [0.2, 0.25) is 0 Å². The summed E-state index contributed by atoms with van der Waals surface area (Å²) < 4.78 is 23.4. The Labute approximate surface area is 245 Å². The number of nitrogens with zero attached hydrogens (tertiary/aromatic N) is 1. The summed E-state index contributed by atoms with van der Waals surface area (Å²) in [6.07, 6.45) is 19.4. The molecule has 39 heavy (non-hydrogen) atoms. The fourth-order valence-corrected chi connectivity index (χ4v) is 5.18. The zero-order chi connectivity index (χ0) is 29.2. The first kappa shape index (κ1) is 38.9. The van der Waals surface area contributed by atoms with Crippen molar-refractivity contribution in [3.8, 4) is 0 Å². The molecule has 8 nitrogen and oxygen atoms in total. The van der Waals surface area contributed by atoms with Crippen LogP contribution in [0.5, 0.6) is 0 Å². The highest BCUT2D eigenvalue weighted by Gasteiger charge is 2.21. The number of hydrogen-bond donors (Lipinski definition) is 2. The molecule has 0 aromatic carbocycles. The molecule has 0 saturated carbocycles. The molecule has 0 radical (unpaired) electrons. The maximum absolute atomic E-state index is 10.7. The number of carboxylic acid groups (broad SMARTS) is 1. The molecule has 0 bridgehead atoms. The van der Waals surface area contributed by atoms with Crippen LogP contribution in [0.4, 0.5) is 0 Å². The highest BCUT2D eigenvalue weighted by molar-refractivity contribution is 8.07. The second-order valence-corrected chi connectivity index (χ2v) is 14.5. The molecule has 0 amide bonds. The van der Waals surface area contributed by atoms with E-state index in [-0.39, 0.29) is 13.0 Å². The van der Waals surface area contributed by atoms with Crippen molar-refractivity contribution in [2.24, 2.45) is 0 Å². The molecule has 0 aromatic rings. The van der Waals surface area contributed by atoms with Crippen molar-refractivity contribution in [1.82, 2.24) is 0 Å². The molecule has 0 rings (SSSR count). The largest absolute Gasteiger partial charge is 0.481 e. The lowest BCUT2D eigenvalue weighted by atomic mass is 10.0.